The molecule has 0 atom stereocenters. The van der Waals surface area contributed by atoms with Crippen molar-refractivity contribution in [1.29, 1.82) is 0 Å². The maximum Gasteiger partial charge on any atom is 0.271 e. The van der Waals surface area contributed by atoms with Crippen LogP contribution in [0, 0.1) is 0 Å². The summed E-state index contributed by atoms with van der Waals surface area (Å²) in [7, 11) is 0. The molecule has 2 heterocycles. The molecule has 1 aliphatic heterocycles. The van der Waals surface area contributed by atoms with Crippen molar-refractivity contribution in [2.45, 2.75) is 13.2 Å². The number of hydrogen-bond acceptors (Lipinski definition) is 6. The molecule has 1 N–H and O–H groups in total. The van der Waals surface area contributed by atoms with Crippen LogP contribution in [0.15, 0.2) is 72.1 Å². The molecule has 0 bridgehead atoms. The minimum atomic E-state index is -0.243. The van der Waals surface area contributed by atoms with E-state index >= 15 is 0 Å². The number of nitrogens with zero attached hydrogens (tertiary/aromatic N) is 1. The van der Waals surface area contributed by atoms with E-state index in [-0.39, 0.29) is 12.7 Å². The van der Waals surface area contributed by atoms with E-state index in [4.69, 9.17) is 25.8 Å². The molecule has 6 nitrogen and oxygen atoms in total. The molecule has 8 heteroatoms. The van der Waals surface area contributed by atoms with Gasteiger partial charge in [0.15, 0.2) is 11.5 Å². The summed E-state index contributed by atoms with van der Waals surface area (Å²) in [5, 5.41) is 6.03. The Bertz CT molecular complexity index is 1310. The van der Waals surface area contributed by atoms with Crippen molar-refractivity contribution in [1.82, 2.24) is 10.3 Å². The normalized spacial score (nSPS) is 11.9. The van der Waals surface area contributed by atoms with Crippen LogP contribution in [0.1, 0.15) is 21.6 Å². The molecule has 1 aliphatic rings. The van der Waals surface area contributed by atoms with Gasteiger partial charge in [0.25, 0.3) is 5.91 Å². The molecule has 3 aromatic carbocycles. The Morgan fingerprint density at radius 3 is 2.82 bits per heavy atom. The molecule has 0 unspecified atom stereocenters. The molecule has 0 saturated heterocycles. The first-order valence-corrected chi connectivity index (χ1v) is 11.5. The molecule has 5 rings (SSSR count). The van der Waals surface area contributed by atoms with E-state index in [1.54, 1.807) is 5.38 Å². The Balaban J connectivity index is 1.26. The summed E-state index contributed by atoms with van der Waals surface area (Å²) in [6, 6.07) is 20.8. The Morgan fingerprint density at radius 1 is 1.03 bits per heavy atom. The maximum absolute atomic E-state index is 12.7. The third-order valence-corrected chi connectivity index (χ3v) is 6.14. The highest BCUT2D eigenvalue weighted by molar-refractivity contribution is 7.13. The summed E-state index contributed by atoms with van der Waals surface area (Å²) in [4.78, 5) is 17.2. The summed E-state index contributed by atoms with van der Waals surface area (Å²) in [6.45, 7) is 0.963. The van der Waals surface area contributed by atoms with Gasteiger partial charge in [0.1, 0.15) is 23.1 Å². The fourth-order valence-corrected chi connectivity index (χ4v) is 4.43. The van der Waals surface area contributed by atoms with Crippen LogP contribution in [0.5, 0.6) is 17.2 Å². The van der Waals surface area contributed by atoms with Crippen molar-refractivity contribution in [2.24, 2.45) is 0 Å². The van der Waals surface area contributed by atoms with Crippen LogP contribution in [-0.4, -0.2) is 17.7 Å². The topological polar surface area (TPSA) is 69.7 Å². The van der Waals surface area contributed by atoms with Crippen molar-refractivity contribution < 1.29 is 19.0 Å². The maximum atomic E-state index is 12.7. The Labute approximate surface area is 199 Å². The number of aromatic nitrogens is 1. The van der Waals surface area contributed by atoms with Crippen LogP contribution in [-0.2, 0) is 13.2 Å². The highest BCUT2D eigenvalue weighted by Gasteiger charge is 2.16. The summed E-state index contributed by atoms with van der Waals surface area (Å²) in [5.41, 5.74) is 3.09. The fourth-order valence-electron chi connectivity index (χ4n) is 3.38. The van der Waals surface area contributed by atoms with E-state index in [0.717, 1.165) is 16.7 Å². The predicted octanol–water partition coefficient (Wildman–Crippen LogP) is 5.70. The van der Waals surface area contributed by atoms with E-state index in [9.17, 15) is 4.79 Å². The lowest BCUT2D eigenvalue weighted by Gasteiger charge is -2.10. The monoisotopic (exact) mass is 478 g/mol. The van der Waals surface area contributed by atoms with Gasteiger partial charge in [-0.15, -0.1) is 11.3 Å². The molecular weight excluding hydrogens is 460 g/mol. The largest absolute Gasteiger partial charge is 0.488 e. The summed E-state index contributed by atoms with van der Waals surface area (Å²) < 4.78 is 16.7. The molecule has 1 amide bonds. The summed E-state index contributed by atoms with van der Waals surface area (Å²) >= 11 is 7.46. The lowest BCUT2D eigenvalue weighted by molar-refractivity contribution is 0.0946. The number of carbonyl (C=O) groups is 1. The van der Waals surface area contributed by atoms with Gasteiger partial charge in [0.05, 0.1) is 5.56 Å². The molecule has 4 aromatic rings. The number of nitrogens with one attached hydrogen (secondary N) is 1. The average Bonchev–Trinajstić information content (AvgIpc) is 3.51. The quantitative estimate of drug-likeness (QED) is 0.369. The number of ether oxygens (including phenoxy) is 3. The number of para-hydroxylation sites is 1. The number of benzene rings is 3. The molecule has 33 heavy (non-hydrogen) atoms. The molecule has 0 saturated carbocycles. The molecule has 0 aliphatic carbocycles. The van der Waals surface area contributed by atoms with E-state index in [1.165, 1.54) is 11.3 Å². The van der Waals surface area contributed by atoms with Crippen molar-refractivity contribution in [3.8, 4) is 27.8 Å². The predicted molar refractivity (Wildman–Crippen MR) is 127 cm³/mol. The lowest BCUT2D eigenvalue weighted by atomic mass is 10.2. The zero-order valence-corrected chi connectivity index (χ0v) is 19.0. The van der Waals surface area contributed by atoms with Gasteiger partial charge in [-0.1, -0.05) is 41.9 Å². The van der Waals surface area contributed by atoms with Crippen molar-refractivity contribution >= 4 is 28.8 Å². The molecular formula is C25H19ClN2O4S. The van der Waals surface area contributed by atoms with Gasteiger partial charge >= 0.3 is 0 Å². The Hall–Kier alpha value is -3.55. The number of hydrogen-bond donors (Lipinski definition) is 1. The van der Waals surface area contributed by atoms with E-state index < -0.39 is 0 Å². The lowest BCUT2D eigenvalue weighted by Crippen LogP contribution is -2.23. The smallest absolute Gasteiger partial charge is 0.271 e. The number of fused-ring (bicyclic) bond motifs is 1. The average molecular weight is 479 g/mol. The second-order valence-electron chi connectivity index (χ2n) is 7.32. The molecule has 0 radical (unpaired) electrons. The third-order valence-electron chi connectivity index (χ3n) is 5.03. The van der Waals surface area contributed by atoms with E-state index in [2.05, 4.69) is 10.3 Å². The van der Waals surface area contributed by atoms with Crippen molar-refractivity contribution in [2.75, 3.05) is 6.79 Å². The zero-order valence-electron chi connectivity index (χ0n) is 17.4. The second-order valence-corrected chi connectivity index (χ2v) is 8.62. The SMILES string of the molecule is O=C(NCc1ccc2c(c1)OCO2)c1csc(-c2ccccc2OCc2cccc(Cl)c2)n1. The minimum absolute atomic E-state index is 0.219. The number of carbonyl (C=O) groups excluding carboxylic acids is 1. The van der Waals surface area contributed by atoms with Crippen LogP contribution < -0.4 is 19.5 Å². The molecule has 0 spiro atoms. The summed E-state index contributed by atoms with van der Waals surface area (Å²) in [6.07, 6.45) is 0. The molecule has 1 aromatic heterocycles. The minimum Gasteiger partial charge on any atom is -0.488 e. The zero-order chi connectivity index (χ0) is 22.6. The van der Waals surface area contributed by atoms with Crippen LogP contribution >= 0.6 is 22.9 Å². The van der Waals surface area contributed by atoms with Crippen LogP contribution in [0.25, 0.3) is 10.6 Å². The van der Waals surface area contributed by atoms with Gasteiger partial charge in [-0.25, -0.2) is 4.98 Å². The number of amides is 1. The first-order valence-electron chi connectivity index (χ1n) is 10.2. The standard InChI is InChI=1S/C25H19ClN2O4S/c26-18-5-3-4-17(10-18)13-30-21-7-2-1-6-19(21)25-28-20(14-33-25)24(29)27-12-16-8-9-22-23(11-16)32-15-31-22/h1-11,14H,12-13,15H2,(H,27,29). The van der Waals surface area contributed by atoms with E-state index in [0.29, 0.717) is 46.1 Å². The number of rotatable bonds is 7. The molecule has 166 valence electrons. The highest BCUT2D eigenvalue weighted by atomic mass is 35.5. The second kappa shape index (κ2) is 9.52. The van der Waals surface area contributed by atoms with Gasteiger partial charge in [-0.2, -0.15) is 0 Å². The van der Waals surface area contributed by atoms with Crippen molar-refractivity contribution in [3.63, 3.8) is 0 Å². The van der Waals surface area contributed by atoms with Gasteiger partial charge in [-0.3, -0.25) is 4.79 Å². The first-order chi connectivity index (χ1) is 16.2. The number of thiazole rings is 1. The van der Waals surface area contributed by atoms with Gasteiger partial charge in [0, 0.05) is 16.9 Å². The van der Waals surface area contributed by atoms with Crippen LogP contribution in [0.2, 0.25) is 5.02 Å². The fraction of sp³-hybridized carbons (Fsp3) is 0.120. The number of halogens is 1. The summed E-state index contributed by atoms with van der Waals surface area (Å²) in [5.74, 6) is 1.85. The molecule has 0 fully saturated rings. The van der Waals surface area contributed by atoms with Gasteiger partial charge < -0.3 is 19.5 Å². The van der Waals surface area contributed by atoms with Crippen LogP contribution in [0.3, 0.4) is 0 Å². The van der Waals surface area contributed by atoms with E-state index in [1.807, 2.05) is 66.7 Å². The van der Waals surface area contributed by atoms with Gasteiger partial charge in [-0.05, 0) is 47.5 Å². The third kappa shape index (κ3) is 4.94. The Kier molecular flexibility index (Phi) is 6.15. The van der Waals surface area contributed by atoms with Crippen LogP contribution in [0.4, 0.5) is 0 Å². The first kappa shape index (κ1) is 21.3. The highest BCUT2D eigenvalue weighted by Crippen LogP contribution is 2.34. The van der Waals surface area contributed by atoms with Crippen molar-refractivity contribution in [3.05, 3.63) is 94.0 Å². The Morgan fingerprint density at radius 2 is 1.91 bits per heavy atom. The van der Waals surface area contributed by atoms with Gasteiger partial charge in [0.2, 0.25) is 6.79 Å².